The lowest BCUT2D eigenvalue weighted by Crippen LogP contribution is -2.32. The van der Waals surface area contributed by atoms with Crippen molar-refractivity contribution in [1.82, 2.24) is 5.32 Å². The molecule has 0 radical (unpaired) electrons. The number of rotatable bonds is 7. The van der Waals surface area contributed by atoms with Crippen molar-refractivity contribution >= 4 is 9.84 Å². The lowest BCUT2D eigenvalue weighted by Gasteiger charge is -2.18. The maximum Gasteiger partial charge on any atom is 0.416 e. The molecule has 0 heterocycles. The fourth-order valence-electron chi connectivity index (χ4n) is 2.04. The highest BCUT2D eigenvalue weighted by atomic mass is 32.2. The molecule has 0 aliphatic heterocycles. The highest BCUT2D eigenvalue weighted by molar-refractivity contribution is 7.90. The van der Waals surface area contributed by atoms with E-state index in [2.05, 4.69) is 5.32 Å². The fraction of sp³-hybridized carbons (Fsp3) is 0.571. The van der Waals surface area contributed by atoms with Gasteiger partial charge in [-0.3, -0.25) is 0 Å². The molecule has 0 saturated carbocycles. The molecule has 1 aromatic rings. The summed E-state index contributed by atoms with van der Waals surface area (Å²) in [5.41, 5.74) is 0.0739. The summed E-state index contributed by atoms with van der Waals surface area (Å²) in [5.74, 6) is 0.0608. The van der Waals surface area contributed by atoms with Crippen LogP contribution in [0.15, 0.2) is 24.3 Å². The number of benzene rings is 1. The second kappa shape index (κ2) is 7.26. The zero-order valence-corrected chi connectivity index (χ0v) is 12.9. The third-order valence-corrected chi connectivity index (χ3v) is 4.07. The van der Waals surface area contributed by atoms with Crippen molar-refractivity contribution in [2.75, 3.05) is 18.6 Å². The predicted octanol–water partition coefficient (Wildman–Crippen LogP) is 2.66. The molecule has 0 amide bonds. The first-order valence-corrected chi connectivity index (χ1v) is 8.75. The van der Waals surface area contributed by atoms with Gasteiger partial charge < -0.3 is 5.32 Å². The molecule has 1 N–H and O–H groups in total. The normalized spacial score (nSPS) is 14.1. The van der Waals surface area contributed by atoms with Crippen LogP contribution in [0.3, 0.4) is 0 Å². The zero-order valence-electron chi connectivity index (χ0n) is 12.1. The molecule has 0 aliphatic rings. The van der Waals surface area contributed by atoms with E-state index < -0.39 is 21.6 Å². The van der Waals surface area contributed by atoms with Crippen molar-refractivity contribution in [3.63, 3.8) is 0 Å². The Balaban J connectivity index is 2.70. The van der Waals surface area contributed by atoms with Gasteiger partial charge in [0.15, 0.2) is 0 Å². The first kappa shape index (κ1) is 18.0. The predicted molar refractivity (Wildman–Crippen MR) is 76.9 cm³/mol. The smallest absolute Gasteiger partial charge is 0.314 e. The second-order valence-corrected chi connectivity index (χ2v) is 7.33. The summed E-state index contributed by atoms with van der Waals surface area (Å²) in [6, 6.07) is 4.91. The molecule has 3 nitrogen and oxygen atoms in total. The Bertz CT molecular complexity index is 538. The van der Waals surface area contributed by atoms with Crippen LogP contribution in [0.2, 0.25) is 0 Å². The van der Waals surface area contributed by atoms with Crippen molar-refractivity contribution < 1.29 is 21.6 Å². The summed E-state index contributed by atoms with van der Waals surface area (Å²) in [6.07, 6.45) is -2.22. The topological polar surface area (TPSA) is 46.2 Å². The number of alkyl halides is 3. The van der Waals surface area contributed by atoms with E-state index in [-0.39, 0.29) is 11.8 Å². The minimum absolute atomic E-state index is 0.0608. The van der Waals surface area contributed by atoms with Gasteiger partial charge in [-0.25, -0.2) is 8.42 Å². The standard InChI is InChI=1S/C14H20F3NO2S/c1-3-18-13(8-9-21(2,19)20)10-11-4-6-12(7-5-11)14(15,16)17/h4-7,13,18H,3,8-10H2,1-2H3. The molecule has 0 aromatic heterocycles. The van der Waals surface area contributed by atoms with E-state index in [9.17, 15) is 21.6 Å². The van der Waals surface area contributed by atoms with Gasteiger partial charge in [-0.05, 0) is 37.1 Å². The molecule has 1 unspecified atom stereocenters. The Morgan fingerprint density at radius 1 is 1.19 bits per heavy atom. The van der Waals surface area contributed by atoms with Gasteiger partial charge in [0.25, 0.3) is 0 Å². The summed E-state index contributed by atoms with van der Waals surface area (Å²) in [6.45, 7) is 2.58. The molecular formula is C14H20F3NO2S. The Morgan fingerprint density at radius 2 is 1.76 bits per heavy atom. The number of sulfone groups is 1. The summed E-state index contributed by atoms with van der Waals surface area (Å²) in [7, 11) is -3.04. The molecule has 0 saturated heterocycles. The van der Waals surface area contributed by atoms with Crippen molar-refractivity contribution in [3.8, 4) is 0 Å². The van der Waals surface area contributed by atoms with E-state index in [1.165, 1.54) is 18.4 Å². The highest BCUT2D eigenvalue weighted by Crippen LogP contribution is 2.29. The Hall–Kier alpha value is -1.08. The van der Waals surface area contributed by atoms with Crippen LogP contribution in [0.1, 0.15) is 24.5 Å². The molecule has 1 rings (SSSR count). The number of hydrogen-bond acceptors (Lipinski definition) is 3. The lowest BCUT2D eigenvalue weighted by molar-refractivity contribution is -0.137. The highest BCUT2D eigenvalue weighted by Gasteiger charge is 2.30. The lowest BCUT2D eigenvalue weighted by atomic mass is 10.0. The van der Waals surface area contributed by atoms with E-state index in [1.54, 1.807) is 0 Å². The van der Waals surface area contributed by atoms with Crippen molar-refractivity contribution in [3.05, 3.63) is 35.4 Å². The molecule has 7 heteroatoms. The van der Waals surface area contributed by atoms with Gasteiger partial charge >= 0.3 is 6.18 Å². The minimum Gasteiger partial charge on any atom is -0.314 e. The van der Waals surface area contributed by atoms with Crippen LogP contribution in [-0.4, -0.2) is 33.0 Å². The number of halogens is 3. The Labute approximate surface area is 123 Å². The van der Waals surface area contributed by atoms with Gasteiger partial charge in [0.2, 0.25) is 0 Å². The molecule has 1 atom stereocenters. The zero-order chi connectivity index (χ0) is 16.1. The first-order chi connectivity index (χ1) is 9.62. The molecule has 21 heavy (non-hydrogen) atoms. The third-order valence-electron chi connectivity index (χ3n) is 3.09. The van der Waals surface area contributed by atoms with Gasteiger partial charge in [0, 0.05) is 12.3 Å². The Kier molecular flexibility index (Phi) is 6.22. The van der Waals surface area contributed by atoms with E-state index in [0.29, 0.717) is 19.4 Å². The minimum atomic E-state index is -4.34. The van der Waals surface area contributed by atoms with Crippen LogP contribution in [0, 0.1) is 0 Å². The van der Waals surface area contributed by atoms with Gasteiger partial charge in [0.1, 0.15) is 9.84 Å². The average molecular weight is 323 g/mol. The van der Waals surface area contributed by atoms with Gasteiger partial charge in [0.05, 0.1) is 11.3 Å². The van der Waals surface area contributed by atoms with Gasteiger partial charge in [-0.1, -0.05) is 19.1 Å². The van der Waals surface area contributed by atoms with E-state index in [0.717, 1.165) is 17.7 Å². The van der Waals surface area contributed by atoms with E-state index in [1.807, 2.05) is 6.92 Å². The number of hydrogen-bond donors (Lipinski definition) is 1. The average Bonchev–Trinajstić information content (AvgIpc) is 2.35. The van der Waals surface area contributed by atoms with Crippen LogP contribution < -0.4 is 5.32 Å². The number of likely N-dealkylation sites (N-methyl/N-ethyl adjacent to an activating group) is 1. The molecular weight excluding hydrogens is 303 g/mol. The molecule has 0 bridgehead atoms. The van der Waals surface area contributed by atoms with Crippen LogP contribution >= 0.6 is 0 Å². The van der Waals surface area contributed by atoms with Crippen LogP contribution in [0.5, 0.6) is 0 Å². The maximum atomic E-state index is 12.5. The molecule has 0 fully saturated rings. The second-order valence-electron chi connectivity index (χ2n) is 5.07. The summed E-state index contributed by atoms with van der Waals surface area (Å²) in [5, 5.41) is 3.16. The van der Waals surface area contributed by atoms with Crippen LogP contribution in [-0.2, 0) is 22.4 Å². The monoisotopic (exact) mass is 323 g/mol. The first-order valence-electron chi connectivity index (χ1n) is 6.69. The van der Waals surface area contributed by atoms with Crippen LogP contribution in [0.25, 0.3) is 0 Å². The van der Waals surface area contributed by atoms with E-state index in [4.69, 9.17) is 0 Å². The van der Waals surface area contributed by atoms with Gasteiger partial charge in [-0.15, -0.1) is 0 Å². The molecule has 120 valence electrons. The molecule has 0 spiro atoms. The summed E-state index contributed by atoms with van der Waals surface area (Å²) < 4.78 is 59.8. The molecule has 1 aromatic carbocycles. The summed E-state index contributed by atoms with van der Waals surface area (Å²) in [4.78, 5) is 0. The SMILES string of the molecule is CCNC(CCS(C)(=O)=O)Cc1ccc(C(F)(F)F)cc1. The van der Waals surface area contributed by atoms with Crippen molar-refractivity contribution in [1.29, 1.82) is 0 Å². The van der Waals surface area contributed by atoms with Crippen molar-refractivity contribution in [2.45, 2.75) is 32.0 Å². The van der Waals surface area contributed by atoms with Gasteiger partial charge in [-0.2, -0.15) is 13.2 Å². The van der Waals surface area contributed by atoms with E-state index >= 15 is 0 Å². The Morgan fingerprint density at radius 3 is 2.19 bits per heavy atom. The summed E-state index contributed by atoms with van der Waals surface area (Å²) >= 11 is 0. The fourth-order valence-corrected chi connectivity index (χ4v) is 2.75. The number of nitrogens with one attached hydrogen (secondary N) is 1. The van der Waals surface area contributed by atoms with Crippen LogP contribution in [0.4, 0.5) is 13.2 Å². The third kappa shape index (κ3) is 6.95. The maximum absolute atomic E-state index is 12.5. The van der Waals surface area contributed by atoms with Crippen molar-refractivity contribution in [2.24, 2.45) is 0 Å². The quantitative estimate of drug-likeness (QED) is 0.839. The molecule has 0 aliphatic carbocycles. The largest absolute Gasteiger partial charge is 0.416 e.